The second-order valence-electron chi connectivity index (χ2n) is 2.86. The number of hydrogen-bond acceptors (Lipinski definition) is 3. The van der Waals surface area contributed by atoms with E-state index in [4.69, 9.17) is 4.74 Å². The topological polar surface area (TPSA) is 43.4 Å². The number of esters is 1. The second-order valence-corrected chi connectivity index (χ2v) is 3.71. The maximum Gasteiger partial charge on any atom is 0.350 e. The van der Waals surface area contributed by atoms with Crippen molar-refractivity contribution in [2.24, 2.45) is 0 Å². The summed E-state index contributed by atoms with van der Waals surface area (Å²) in [4.78, 5) is 21.0. The molecule has 78 valence electrons. The first-order chi connectivity index (χ1) is 7.13. The fraction of sp³-hybridized carbons (Fsp3) is 0.0909. The summed E-state index contributed by atoms with van der Waals surface area (Å²) in [5.74, 6) is 0.0950. The van der Waals surface area contributed by atoms with Gasteiger partial charge in [0.2, 0.25) is 0 Å². The Labute approximate surface area is 95.9 Å². The average molecular weight is 269 g/mol. The highest BCUT2D eigenvalue weighted by atomic mass is 79.9. The largest absolute Gasteiger partial charge is 0.422 e. The molecular weight excluding hydrogens is 260 g/mol. The first-order valence-electron chi connectivity index (χ1n) is 4.23. The molecule has 1 aliphatic heterocycles. The van der Waals surface area contributed by atoms with Crippen molar-refractivity contribution in [3.05, 3.63) is 46.2 Å². The van der Waals surface area contributed by atoms with E-state index in [0.29, 0.717) is 16.5 Å². The maximum atomic E-state index is 11.0. The summed E-state index contributed by atoms with van der Waals surface area (Å²) in [7, 11) is 0. The van der Waals surface area contributed by atoms with Gasteiger partial charge in [0.25, 0.3) is 0 Å². The van der Waals surface area contributed by atoms with Gasteiger partial charge in [-0.2, -0.15) is 0 Å². The van der Waals surface area contributed by atoms with Crippen molar-refractivity contribution in [2.45, 2.75) is 6.92 Å². The van der Waals surface area contributed by atoms with E-state index in [1.807, 2.05) is 6.92 Å². The number of rotatable bonds is 3. The molecular formula is C11H9BrO3. The molecule has 1 rings (SSSR count). The third kappa shape index (κ3) is 3.67. The maximum absolute atomic E-state index is 11.0. The molecule has 15 heavy (non-hydrogen) atoms. The van der Waals surface area contributed by atoms with Gasteiger partial charge in [-0.05, 0) is 40.6 Å². The van der Waals surface area contributed by atoms with E-state index in [1.54, 1.807) is 24.3 Å². The Bertz CT molecular complexity index is 400. The van der Waals surface area contributed by atoms with E-state index in [1.165, 1.54) is 6.08 Å². The smallest absolute Gasteiger partial charge is 0.350 e. The third-order valence-corrected chi connectivity index (χ3v) is 2.15. The zero-order valence-electron chi connectivity index (χ0n) is 8.07. The van der Waals surface area contributed by atoms with E-state index in [9.17, 15) is 9.59 Å². The van der Waals surface area contributed by atoms with Crippen LogP contribution in [0, 0.1) is 0 Å². The molecule has 0 radical (unpaired) electrons. The average Bonchev–Trinajstić information content (AvgIpc) is 2.46. The van der Waals surface area contributed by atoms with Crippen molar-refractivity contribution in [3.8, 4) is 0 Å². The number of ether oxygens (including phenoxy) is 1. The van der Waals surface area contributed by atoms with E-state index in [2.05, 4.69) is 15.9 Å². The SMILES string of the molecule is CC(=C\C=C\C=O)/C=C1\C=C(Br)C(=O)O1. The summed E-state index contributed by atoms with van der Waals surface area (Å²) >= 11 is 3.06. The zero-order chi connectivity index (χ0) is 11.3. The van der Waals surface area contributed by atoms with Gasteiger partial charge in [-0.15, -0.1) is 0 Å². The number of halogens is 1. The van der Waals surface area contributed by atoms with Crippen LogP contribution < -0.4 is 0 Å². The lowest BCUT2D eigenvalue weighted by atomic mass is 10.2. The monoisotopic (exact) mass is 268 g/mol. The van der Waals surface area contributed by atoms with Crippen molar-refractivity contribution in [2.75, 3.05) is 0 Å². The molecule has 0 atom stereocenters. The molecule has 0 saturated heterocycles. The Morgan fingerprint density at radius 3 is 2.73 bits per heavy atom. The number of carbonyl (C=O) groups excluding carboxylic acids is 2. The van der Waals surface area contributed by atoms with Crippen LogP contribution in [0.1, 0.15) is 6.92 Å². The number of carbonyl (C=O) groups is 2. The predicted molar refractivity (Wildman–Crippen MR) is 60.1 cm³/mol. The van der Waals surface area contributed by atoms with Crippen LogP contribution >= 0.6 is 15.9 Å². The molecule has 0 unspecified atom stereocenters. The van der Waals surface area contributed by atoms with Crippen LogP contribution in [0.5, 0.6) is 0 Å². The van der Waals surface area contributed by atoms with Gasteiger partial charge >= 0.3 is 5.97 Å². The van der Waals surface area contributed by atoms with Crippen LogP contribution in [0.2, 0.25) is 0 Å². The molecule has 1 heterocycles. The minimum absolute atomic E-state index is 0.391. The Hall–Kier alpha value is -1.42. The highest BCUT2D eigenvalue weighted by molar-refractivity contribution is 9.12. The molecule has 0 saturated carbocycles. The van der Waals surface area contributed by atoms with Gasteiger partial charge in [0, 0.05) is 6.08 Å². The molecule has 0 N–H and O–H groups in total. The van der Waals surface area contributed by atoms with Crippen molar-refractivity contribution in [1.29, 1.82) is 0 Å². The third-order valence-electron chi connectivity index (χ3n) is 1.59. The summed E-state index contributed by atoms with van der Waals surface area (Å²) < 4.78 is 5.31. The Balaban J connectivity index is 2.73. The van der Waals surface area contributed by atoms with E-state index >= 15 is 0 Å². The number of cyclic esters (lactones) is 1. The van der Waals surface area contributed by atoms with Gasteiger partial charge in [0.05, 0.1) is 0 Å². The standard InChI is InChI=1S/C11H9BrO3/c1-8(4-2-3-5-13)6-9-7-10(12)11(14)15-9/h2-7H,1H3/b3-2+,8-4+,9-6+. The number of hydrogen-bond donors (Lipinski definition) is 0. The Morgan fingerprint density at radius 2 is 2.20 bits per heavy atom. The molecule has 3 nitrogen and oxygen atoms in total. The normalized spacial score (nSPS) is 19.6. The van der Waals surface area contributed by atoms with Crippen LogP contribution in [-0.4, -0.2) is 12.3 Å². The highest BCUT2D eigenvalue weighted by Crippen LogP contribution is 2.22. The van der Waals surface area contributed by atoms with Gasteiger partial charge in [-0.25, -0.2) is 4.79 Å². The minimum Gasteiger partial charge on any atom is -0.422 e. The van der Waals surface area contributed by atoms with Gasteiger partial charge in [0.1, 0.15) is 16.5 Å². The minimum atomic E-state index is -0.391. The zero-order valence-corrected chi connectivity index (χ0v) is 9.65. The Morgan fingerprint density at radius 1 is 1.47 bits per heavy atom. The molecule has 0 fully saturated rings. The summed E-state index contributed by atoms with van der Waals surface area (Å²) in [5, 5.41) is 0. The van der Waals surface area contributed by atoms with Crippen LogP contribution in [0.3, 0.4) is 0 Å². The molecule has 0 aliphatic carbocycles. The van der Waals surface area contributed by atoms with Crippen molar-refractivity contribution < 1.29 is 14.3 Å². The van der Waals surface area contributed by atoms with Crippen molar-refractivity contribution in [3.63, 3.8) is 0 Å². The molecule has 0 bridgehead atoms. The first kappa shape index (κ1) is 11.7. The molecule has 4 heteroatoms. The fourth-order valence-electron chi connectivity index (χ4n) is 0.965. The number of allylic oxidation sites excluding steroid dienone is 6. The molecule has 0 amide bonds. The predicted octanol–water partition coefficient (Wildman–Crippen LogP) is 2.41. The Kier molecular flexibility index (Phi) is 4.24. The van der Waals surface area contributed by atoms with Gasteiger partial charge in [-0.3, -0.25) is 4.79 Å². The quantitative estimate of drug-likeness (QED) is 0.342. The van der Waals surface area contributed by atoms with Crippen LogP contribution in [-0.2, 0) is 14.3 Å². The van der Waals surface area contributed by atoms with Crippen LogP contribution in [0.25, 0.3) is 0 Å². The van der Waals surface area contributed by atoms with E-state index in [-0.39, 0.29) is 0 Å². The van der Waals surface area contributed by atoms with E-state index < -0.39 is 5.97 Å². The lowest BCUT2D eigenvalue weighted by molar-refractivity contribution is -0.132. The lowest BCUT2D eigenvalue weighted by Gasteiger charge is -1.94. The summed E-state index contributed by atoms with van der Waals surface area (Å²) in [5.41, 5.74) is 0.884. The number of aldehydes is 1. The molecule has 0 aromatic carbocycles. The lowest BCUT2D eigenvalue weighted by Crippen LogP contribution is -1.93. The second kappa shape index (κ2) is 5.46. The van der Waals surface area contributed by atoms with Gasteiger partial charge < -0.3 is 4.74 Å². The van der Waals surface area contributed by atoms with Crippen LogP contribution in [0.4, 0.5) is 0 Å². The van der Waals surface area contributed by atoms with Crippen LogP contribution in [0.15, 0.2) is 46.2 Å². The summed E-state index contributed by atoms with van der Waals surface area (Å²) in [6.07, 6.45) is 8.76. The fourth-order valence-corrected chi connectivity index (χ4v) is 1.27. The van der Waals surface area contributed by atoms with Gasteiger partial charge in [0.15, 0.2) is 0 Å². The molecule has 1 aliphatic rings. The van der Waals surface area contributed by atoms with Gasteiger partial charge in [-0.1, -0.05) is 12.2 Å². The molecule has 0 aromatic heterocycles. The molecule has 0 aromatic rings. The van der Waals surface area contributed by atoms with E-state index in [0.717, 1.165) is 5.57 Å². The van der Waals surface area contributed by atoms with Crippen molar-refractivity contribution in [1.82, 2.24) is 0 Å². The summed E-state index contributed by atoms with van der Waals surface area (Å²) in [6.45, 7) is 1.84. The summed E-state index contributed by atoms with van der Waals surface area (Å²) in [6, 6.07) is 0. The highest BCUT2D eigenvalue weighted by Gasteiger charge is 2.17. The molecule has 0 spiro atoms. The van der Waals surface area contributed by atoms with Crippen molar-refractivity contribution >= 4 is 28.2 Å². The first-order valence-corrected chi connectivity index (χ1v) is 5.02.